The molecule has 2 N–H and O–H groups in total. The molecule has 0 saturated carbocycles. The Hall–Kier alpha value is -0.890. The van der Waals surface area contributed by atoms with Crippen LogP contribution >= 0.6 is 24.8 Å². The molecular weight excluding hydrogens is 377 g/mol. The van der Waals surface area contributed by atoms with Gasteiger partial charge in [0.1, 0.15) is 0 Å². The second-order valence-corrected chi connectivity index (χ2v) is 6.31. The number of carbonyl (C=O) groups is 1. The van der Waals surface area contributed by atoms with E-state index in [1.54, 1.807) is 0 Å². The summed E-state index contributed by atoms with van der Waals surface area (Å²) in [6, 6.07) is 10.7. The van der Waals surface area contributed by atoms with Crippen molar-refractivity contribution in [1.29, 1.82) is 0 Å². The predicted molar refractivity (Wildman–Crippen MR) is 106 cm³/mol. The number of halogens is 2. The highest BCUT2D eigenvalue weighted by molar-refractivity contribution is 5.85. The number of ether oxygens (including phenoxy) is 2. The van der Waals surface area contributed by atoms with Crippen molar-refractivity contribution in [3.63, 3.8) is 0 Å². The van der Waals surface area contributed by atoms with E-state index in [2.05, 4.69) is 27.7 Å². The first kappa shape index (κ1) is 23.1. The first-order valence-corrected chi connectivity index (χ1v) is 8.77. The van der Waals surface area contributed by atoms with Crippen LogP contribution in [0.25, 0.3) is 0 Å². The molecule has 2 aliphatic heterocycles. The number of nitrogens with zero attached hydrogens (tertiary/aromatic N) is 1. The molecule has 0 bridgehead atoms. The van der Waals surface area contributed by atoms with E-state index >= 15 is 0 Å². The number of morpholine rings is 2. The zero-order valence-electron chi connectivity index (χ0n) is 14.9. The van der Waals surface area contributed by atoms with Crippen molar-refractivity contribution in [1.82, 2.24) is 15.5 Å². The van der Waals surface area contributed by atoms with Crippen molar-refractivity contribution < 1.29 is 14.3 Å². The summed E-state index contributed by atoms with van der Waals surface area (Å²) in [5.41, 5.74) is 1.24. The van der Waals surface area contributed by atoms with Crippen LogP contribution < -0.4 is 10.6 Å². The SMILES string of the molecule is Cl.Cl.O=C(CC1COCCN1)NCC(c1ccccc1)N1CCOCC1. The fourth-order valence-electron chi connectivity index (χ4n) is 3.28. The lowest BCUT2D eigenvalue weighted by Crippen LogP contribution is -2.46. The zero-order valence-corrected chi connectivity index (χ0v) is 16.5. The Morgan fingerprint density at radius 1 is 1.15 bits per heavy atom. The molecule has 8 heteroatoms. The van der Waals surface area contributed by atoms with Crippen LogP contribution in [-0.2, 0) is 14.3 Å². The van der Waals surface area contributed by atoms with Crippen LogP contribution in [0.4, 0.5) is 0 Å². The number of amides is 1. The van der Waals surface area contributed by atoms with Gasteiger partial charge in [0, 0.05) is 38.6 Å². The molecule has 1 amide bonds. The third kappa shape index (κ3) is 7.02. The third-order valence-electron chi connectivity index (χ3n) is 4.59. The molecule has 3 rings (SSSR count). The van der Waals surface area contributed by atoms with Gasteiger partial charge in [0.25, 0.3) is 0 Å². The molecule has 0 aromatic heterocycles. The van der Waals surface area contributed by atoms with Gasteiger partial charge in [-0.25, -0.2) is 0 Å². The normalized spacial score (nSPS) is 21.8. The lowest BCUT2D eigenvalue weighted by Gasteiger charge is -2.35. The number of nitrogens with one attached hydrogen (secondary N) is 2. The summed E-state index contributed by atoms with van der Waals surface area (Å²) in [5.74, 6) is 0.0761. The van der Waals surface area contributed by atoms with Crippen molar-refractivity contribution >= 4 is 30.7 Å². The summed E-state index contributed by atoms with van der Waals surface area (Å²) in [5, 5.41) is 6.43. The van der Waals surface area contributed by atoms with E-state index in [4.69, 9.17) is 9.47 Å². The molecule has 0 spiro atoms. The molecule has 2 atom stereocenters. The largest absolute Gasteiger partial charge is 0.379 e. The quantitative estimate of drug-likeness (QED) is 0.748. The minimum Gasteiger partial charge on any atom is -0.379 e. The number of hydrogen-bond acceptors (Lipinski definition) is 5. The minimum absolute atomic E-state index is 0. The van der Waals surface area contributed by atoms with Crippen molar-refractivity contribution in [2.45, 2.75) is 18.5 Å². The molecule has 148 valence electrons. The Morgan fingerprint density at radius 2 is 1.88 bits per heavy atom. The Morgan fingerprint density at radius 3 is 2.54 bits per heavy atom. The van der Waals surface area contributed by atoms with Crippen molar-refractivity contribution in [3.05, 3.63) is 35.9 Å². The van der Waals surface area contributed by atoms with Gasteiger partial charge in [-0.3, -0.25) is 9.69 Å². The Balaban J connectivity index is 0.00000169. The maximum absolute atomic E-state index is 12.3. The fraction of sp³-hybridized carbons (Fsp3) is 0.611. The van der Waals surface area contributed by atoms with E-state index < -0.39 is 0 Å². The average Bonchev–Trinajstić information content (AvgIpc) is 2.64. The van der Waals surface area contributed by atoms with Crippen LogP contribution in [0.1, 0.15) is 18.0 Å². The van der Waals surface area contributed by atoms with Gasteiger partial charge in [0.15, 0.2) is 0 Å². The Labute approximate surface area is 167 Å². The second-order valence-electron chi connectivity index (χ2n) is 6.31. The van der Waals surface area contributed by atoms with Gasteiger partial charge in [-0.15, -0.1) is 24.8 Å². The standard InChI is InChI=1S/C18H27N3O3.2ClH/c22-18(12-16-14-24-9-6-19-16)20-13-17(15-4-2-1-3-5-15)21-7-10-23-11-8-21;;/h1-5,16-17,19H,6-14H2,(H,20,22);2*1H. The Bertz CT molecular complexity index is 510. The van der Waals surface area contributed by atoms with Crippen molar-refractivity contribution in [2.24, 2.45) is 0 Å². The van der Waals surface area contributed by atoms with E-state index in [1.165, 1.54) is 5.56 Å². The number of rotatable bonds is 6. The van der Waals surface area contributed by atoms with E-state index in [0.717, 1.165) is 39.5 Å². The van der Waals surface area contributed by atoms with E-state index in [0.29, 0.717) is 19.6 Å². The highest BCUT2D eigenvalue weighted by Crippen LogP contribution is 2.21. The first-order valence-electron chi connectivity index (χ1n) is 8.77. The molecule has 2 fully saturated rings. The number of hydrogen-bond donors (Lipinski definition) is 2. The van der Waals surface area contributed by atoms with Crippen LogP contribution in [-0.4, -0.2) is 69.5 Å². The smallest absolute Gasteiger partial charge is 0.221 e. The van der Waals surface area contributed by atoms with Gasteiger partial charge < -0.3 is 20.1 Å². The molecule has 2 saturated heterocycles. The van der Waals surface area contributed by atoms with Crippen LogP contribution in [0.2, 0.25) is 0 Å². The summed E-state index contributed by atoms with van der Waals surface area (Å²) in [6.07, 6.45) is 0.463. The van der Waals surface area contributed by atoms with Crippen LogP contribution in [0.15, 0.2) is 30.3 Å². The van der Waals surface area contributed by atoms with Gasteiger partial charge in [0.05, 0.1) is 32.5 Å². The topological polar surface area (TPSA) is 62.8 Å². The maximum atomic E-state index is 12.3. The molecule has 6 nitrogen and oxygen atoms in total. The van der Waals surface area contributed by atoms with Gasteiger partial charge >= 0.3 is 0 Å². The molecule has 2 aliphatic rings. The number of benzene rings is 1. The second kappa shape index (κ2) is 12.5. The average molecular weight is 406 g/mol. The van der Waals surface area contributed by atoms with Gasteiger partial charge in [-0.2, -0.15) is 0 Å². The summed E-state index contributed by atoms with van der Waals surface area (Å²) < 4.78 is 10.9. The number of carbonyl (C=O) groups excluding carboxylic acids is 1. The van der Waals surface area contributed by atoms with Crippen LogP contribution in [0.3, 0.4) is 0 Å². The molecular formula is C18H29Cl2N3O3. The van der Waals surface area contributed by atoms with Gasteiger partial charge in [-0.1, -0.05) is 30.3 Å². The highest BCUT2D eigenvalue weighted by atomic mass is 35.5. The van der Waals surface area contributed by atoms with Crippen molar-refractivity contribution in [3.8, 4) is 0 Å². The summed E-state index contributed by atoms with van der Waals surface area (Å²) in [4.78, 5) is 14.7. The summed E-state index contributed by atoms with van der Waals surface area (Å²) in [7, 11) is 0. The van der Waals surface area contributed by atoms with Crippen molar-refractivity contribution in [2.75, 3.05) is 52.6 Å². The van der Waals surface area contributed by atoms with E-state index in [-0.39, 0.29) is 42.8 Å². The predicted octanol–water partition coefficient (Wildman–Crippen LogP) is 1.40. The fourth-order valence-corrected chi connectivity index (χ4v) is 3.28. The zero-order chi connectivity index (χ0) is 16.6. The molecule has 1 aromatic rings. The van der Waals surface area contributed by atoms with E-state index in [9.17, 15) is 4.79 Å². The van der Waals surface area contributed by atoms with Gasteiger partial charge in [0.2, 0.25) is 5.91 Å². The lowest BCUT2D eigenvalue weighted by atomic mass is 10.0. The molecule has 1 aromatic carbocycles. The molecule has 2 unspecified atom stereocenters. The first-order chi connectivity index (χ1) is 11.8. The van der Waals surface area contributed by atoms with Crippen LogP contribution in [0.5, 0.6) is 0 Å². The lowest BCUT2D eigenvalue weighted by molar-refractivity contribution is -0.122. The maximum Gasteiger partial charge on any atom is 0.221 e. The molecule has 2 heterocycles. The monoisotopic (exact) mass is 405 g/mol. The molecule has 26 heavy (non-hydrogen) atoms. The molecule has 0 aliphatic carbocycles. The summed E-state index contributed by atoms with van der Waals surface area (Å²) >= 11 is 0. The van der Waals surface area contributed by atoms with E-state index in [1.807, 2.05) is 18.2 Å². The third-order valence-corrected chi connectivity index (χ3v) is 4.59. The summed E-state index contributed by atoms with van der Waals surface area (Å²) in [6.45, 7) is 6.07. The minimum atomic E-state index is 0. The Kier molecular flexibility index (Phi) is 11.1. The molecule has 0 radical (unpaired) electrons. The van der Waals surface area contributed by atoms with Crippen LogP contribution in [0, 0.1) is 0 Å². The van der Waals surface area contributed by atoms with Gasteiger partial charge in [-0.05, 0) is 5.56 Å². The highest BCUT2D eigenvalue weighted by Gasteiger charge is 2.24.